The summed E-state index contributed by atoms with van der Waals surface area (Å²) in [6, 6.07) is 7.86. The van der Waals surface area contributed by atoms with Crippen LogP contribution in [0.25, 0.3) is 0 Å². The zero-order valence-corrected chi connectivity index (χ0v) is 14.3. The summed E-state index contributed by atoms with van der Waals surface area (Å²) in [5, 5.41) is 13.3. The lowest BCUT2D eigenvalue weighted by atomic mass is 9.97. The molecule has 0 aromatic heterocycles. The molecule has 0 heterocycles. The number of amides is 1. The molecule has 5 heteroatoms. The maximum atomic E-state index is 12.2. The van der Waals surface area contributed by atoms with Crippen molar-refractivity contribution in [2.45, 2.75) is 43.7 Å². The molecule has 1 unspecified atom stereocenters. The van der Waals surface area contributed by atoms with Gasteiger partial charge in [0.1, 0.15) is 5.75 Å². The molecular formula is C18H28N2O3. The van der Waals surface area contributed by atoms with Crippen LogP contribution >= 0.6 is 0 Å². The normalized spacial score (nSPS) is 18.0. The minimum atomic E-state index is -0.803. The third-order valence-corrected chi connectivity index (χ3v) is 4.64. The Hall–Kier alpha value is -1.59. The summed E-state index contributed by atoms with van der Waals surface area (Å²) in [4.78, 5) is 14.3. The van der Waals surface area contributed by atoms with Gasteiger partial charge in [-0.25, -0.2) is 0 Å². The van der Waals surface area contributed by atoms with Gasteiger partial charge in [-0.2, -0.15) is 0 Å². The van der Waals surface area contributed by atoms with Gasteiger partial charge in [0.15, 0.2) is 0 Å². The third-order valence-electron chi connectivity index (χ3n) is 4.64. The maximum absolute atomic E-state index is 12.2. The highest BCUT2D eigenvalue weighted by atomic mass is 16.5. The highest BCUT2D eigenvalue weighted by Gasteiger charge is 2.33. The second-order valence-electron chi connectivity index (χ2n) is 6.63. The van der Waals surface area contributed by atoms with Gasteiger partial charge in [0.25, 0.3) is 0 Å². The van der Waals surface area contributed by atoms with Gasteiger partial charge in [-0.05, 0) is 33.0 Å². The number of benzene rings is 1. The van der Waals surface area contributed by atoms with E-state index < -0.39 is 5.60 Å². The average Bonchev–Trinajstić information content (AvgIpc) is 2.93. The maximum Gasteiger partial charge on any atom is 0.222 e. The zero-order valence-electron chi connectivity index (χ0n) is 14.3. The molecule has 128 valence electrons. The SMILES string of the molecule is COc1ccccc1C(CNC(=O)CC1(O)CCCC1)N(C)C. The van der Waals surface area contributed by atoms with Crippen LogP contribution in [-0.4, -0.2) is 49.3 Å². The van der Waals surface area contributed by atoms with E-state index in [0.717, 1.165) is 37.0 Å². The molecular weight excluding hydrogens is 292 g/mol. The van der Waals surface area contributed by atoms with Crippen LogP contribution in [0.5, 0.6) is 5.75 Å². The van der Waals surface area contributed by atoms with E-state index in [-0.39, 0.29) is 18.4 Å². The number of ether oxygens (including phenoxy) is 1. The molecule has 1 saturated carbocycles. The summed E-state index contributed by atoms with van der Waals surface area (Å²) in [6.45, 7) is 0.488. The average molecular weight is 320 g/mol. The van der Waals surface area contributed by atoms with E-state index in [1.54, 1.807) is 7.11 Å². The van der Waals surface area contributed by atoms with E-state index in [0.29, 0.717) is 6.54 Å². The van der Waals surface area contributed by atoms with E-state index >= 15 is 0 Å². The number of hydrogen-bond acceptors (Lipinski definition) is 4. The standard InChI is InChI=1S/C18H28N2O3/c1-20(2)15(14-8-4-5-9-16(14)23-3)13-19-17(21)12-18(22)10-6-7-11-18/h4-5,8-9,15,22H,6-7,10-13H2,1-3H3,(H,19,21). The number of para-hydroxylation sites is 1. The predicted molar refractivity (Wildman–Crippen MR) is 90.5 cm³/mol. The highest BCUT2D eigenvalue weighted by Crippen LogP contribution is 2.32. The zero-order chi connectivity index (χ0) is 16.9. The van der Waals surface area contributed by atoms with Crippen LogP contribution in [0.4, 0.5) is 0 Å². The Balaban J connectivity index is 1.98. The van der Waals surface area contributed by atoms with Crippen molar-refractivity contribution in [1.29, 1.82) is 0 Å². The van der Waals surface area contributed by atoms with E-state index in [1.165, 1.54) is 0 Å². The molecule has 2 N–H and O–H groups in total. The Kier molecular flexibility index (Phi) is 6.02. The fraction of sp³-hybridized carbons (Fsp3) is 0.611. The number of likely N-dealkylation sites (N-methyl/N-ethyl adjacent to an activating group) is 1. The Morgan fingerprint density at radius 1 is 1.35 bits per heavy atom. The molecule has 1 aliphatic rings. The molecule has 1 amide bonds. The molecule has 0 radical (unpaired) electrons. The fourth-order valence-electron chi connectivity index (χ4n) is 3.29. The summed E-state index contributed by atoms with van der Waals surface area (Å²) < 4.78 is 5.43. The van der Waals surface area contributed by atoms with Crippen molar-refractivity contribution in [3.63, 3.8) is 0 Å². The van der Waals surface area contributed by atoms with Gasteiger partial charge in [0, 0.05) is 12.1 Å². The topological polar surface area (TPSA) is 61.8 Å². The molecule has 0 spiro atoms. The van der Waals surface area contributed by atoms with Crippen LogP contribution in [-0.2, 0) is 4.79 Å². The summed E-state index contributed by atoms with van der Waals surface area (Å²) in [5.41, 5.74) is 0.238. The van der Waals surface area contributed by atoms with E-state index in [9.17, 15) is 9.90 Å². The van der Waals surface area contributed by atoms with Gasteiger partial charge in [-0.15, -0.1) is 0 Å². The minimum absolute atomic E-state index is 0.0216. The lowest BCUT2D eigenvalue weighted by Crippen LogP contribution is -2.39. The lowest BCUT2D eigenvalue weighted by molar-refractivity contribution is -0.126. The first-order valence-electron chi connectivity index (χ1n) is 8.23. The molecule has 2 rings (SSSR count). The molecule has 0 bridgehead atoms. The summed E-state index contributed by atoms with van der Waals surface area (Å²) in [6.07, 6.45) is 3.66. The van der Waals surface area contributed by atoms with Gasteiger partial charge in [-0.1, -0.05) is 31.0 Å². The Bertz CT molecular complexity index is 525. The van der Waals surface area contributed by atoms with Gasteiger partial charge in [-0.3, -0.25) is 4.79 Å². The number of carbonyl (C=O) groups is 1. The summed E-state index contributed by atoms with van der Waals surface area (Å²) in [7, 11) is 5.61. The Morgan fingerprint density at radius 2 is 2.00 bits per heavy atom. The molecule has 1 aliphatic carbocycles. The van der Waals surface area contributed by atoms with Crippen LogP contribution in [0.15, 0.2) is 24.3 Å². The van der Waals surface area contributed by atoms with Crippen LogP contribution in [0, 0.1) is 0 Å². The molecule has 23 heavy (non-hydrogen) atoms. The van der Waals surface area contributed by atoms with Crippen molar-refractivity contribution < 1.29 is 14.6 Å². The number of nitrogens with one attached hydrogen (secondary N) is 1. The van der Waals surface area contributed by atoms with Crippen molar-refractivity contribution in [2.24, 2.45) is 0 Å². The second kappa shape index (κ2) is 7.79. The van der Waals surface area contributed by atoms with E-state index in [4.69, 9.17) is 4.74 Å². The minimum Gasteiger partial charge on any atom is -0.496 e. The summed E-state index contributed by atoms with van der Waals surface area (Å²) >= 11 is 0. The second-order valence-corrected chi connectivity index (χ2v) is 6.63. The predicted octanol–water partition coefficient (Wildman–Crippen LogP) is 2.11. The van der Waals surface area contributed by atoms with Gasteiger partial charge >= 0.3 is 0 Å². The van der Waals surface area contributed by atoms with Crippen LogP contribution in [0.1, 0.15) is 43.7 Å². The number of nitrogens with zero attached hydrogens (tertiary/aromatic N) is 1. The first kappa shape index (κ1) is 17.8. The molecule has 5 nitrogen and oxygen atoms in total. The van der Waals surface area contributed by atoms with Crippen molar-refractivity contribution in [2.75, 3.05) is 27.7 Å². The van der Waals surface area contributed by atoms with Gasteiger partial charge in [0.05, 0.1) is 25.2 Å². The van der Waals surface area contributed by atoms with Gasteiger partial charge < -0.3 is 20.1 Å². The van der Waals surface area contributed by atoms with Crippen LogP contribution < -0.4 is 10.1 Å². The Labute approximate surface area is 138 Å². The van der Waals surface area contributed by atoms with E-state index in [2.05, 4.69) is 10.2 Å². The molecule has 1 fully saturated rings. The molecule has 1 atom stereocenters. The van der Waals surface area contributed by atoms with Crippen molar-refractivity contribution in [1.82, 2.24) is 10.2 Å². The largest absolute Gasteiger partial charge is 0.496 e. The summed E-state index contributed by atoms with van der Waals surface area (Å²) in [5.74, 6) is 0.728. The quantitative estimate of drug-likeness (QED) is 0.808. The first-order chi connectivity index (χ1) is 10.9. The smallest absolute Gasteiger partial charge is 0.222 e. The van der Waals surface area contributed by atoms with E-state index in [1.807, 2.05) is 38.4 Å². The molecule has 0 saturated heterocycles. The van der Waals surface area contributed by atoms with Gasteiger partial charge in [0.2, 0.25) is 5.91 Å². The Morgan fingerprint density at radius 3 is 2.61 bits per heavy atom. The third kappa shape index (κ3) is 4.69. The number of aliphatic hydroxyl groups is 1. The molecule has 0 aliphatic heterocycles. The van der Waals surface area contributed by atoms with Crippen molar-refractivity contribution in [3.8, 4) is 5.75 Å². The van der Waals surface area contributed by atoms with Crippen molar-refractivity contribution >= 4 is 5.91 Å². The monoisotopic (exact) mass is 320 g/mol. The number of rotatable bonds is 7. The van der Waals surface area contributed by atoms with Crippen LogP contribution in [0.3, 0.4) is 0 Å². The number of carbonyl (C=O) groups excluding carboxylic acids is 1. The highest BCUT2D eigenvalue weighted by molar-refractivity contribution is 5.77. The molecule has 1 aromatic carbocycles. The first-order valence-corrected chi connectivity index (χ1v) is 8.23. The van der Waals surface area contributed by atoms with Crippen molar-refractivity contribution in [3.05, 3.63) is 29.8 Å². The number of hydrogen-bond donors (Lipinski definition) is 2. The fourth-order valence-corrected chi connectivity index (χ4v) is 3.29. The van der Waals surface area contributed by atoms with Crippen LogP contribution in [0.2, 0.25) is 0 Å². The lowest BCUT2D eigenvalue weighted by Gasteiger charge is -2.27. The number of methoxy groups -OCH3 is 1. The molecule has 1 aromatic rings.